The molecule has 0 radical (unpaired) electrons. The minimum absolute atomic E-state index is 0.0804. The Morgan fingerprint density at radius 3 is 2.21 bits per heavy atom. The van der Waals surface area contributed by atoms with Crippen LogP contribution in [0.2, 0.25) is 5.02 Å². The molecule has 1 amide bonds. The quantitative estimate of drug-likeness (QED) is 0.655. The number of sulfonamides is 1. The lowest BCUT2D eigenvalue weighted by molar-refractivity contribution is -0.116. The Labute approximate surface area is 169 Å². The second-order valence-electron chi connectivity index (χ2n) is 6.17. The molecule has 3 rings (SSSR count). The zero-order valence-electron chi connectivity index (χ0n) is 15.2. The number of hydrogen-bond donors (Lipinski definition) is 1. The Morgan fingerprint density at radius 2 is 1.54 bits per heavy atom. The van der Waals surface area contributed by atoms with E-state index in [1.165, 1.54) is 31.3 Å². The van der Waals surface area contributed by atoms with Gasteiger partial charge in [-0.2, -0.15) is 4.31 Å². The molecule has 0 aromatic heterocycles. The summed E-state index contributed by atoms with van der Waals surface area (Å²) in [6, 6.07) is 22.9. The monoisotopic (exact) mass is 414 g/mol. The van der Waals surface area contributed by atoms with Crippen molar-refractivity contribution in [2.24, 2.45) is 0 Å². The van der Waals surface area contributed by atoms with Crippen LogP contribution in [0.15, 0.2) is 83.8 Å². The summed E-state index contributed by atoms with van der Waals surface area (Å²) in [5, 5.41) is 3.25. The molecule has 0 unspecified atom stereocenters. The zero-order chi connectivity index (χ0) is 20.1. The number of nitrogens with one attached hydrogen (secondary N) is 1. The van der Waals surface area contributed by atoms with Crippen LogP contribution in [0.3, 0.4) is 0 Å². The minimum Gasteiger partial charge on any atom is -0.324 e. The maximum absolute atomic E-state index is 12.6. The molecule has 5 nitrogen and oxygen atoms in total. The number of hydrogen-bond acceptors (Lipinski definition) is 3. The van der Waals surface area contributed by atoms with E-state index in [2.05, 4.69) is 5.32 Å². The lowest BCUT2D eigenvalue weighted by atomic mass is 10.0. The largest absolute Gasteiger partial charge is 0.324 e. The van der Waals surface area contributed by atoms with Crippen molar-refractivity contribution in [3.63, 3.8) is 0 Å². The lowest BCUT2D eigenvalue weighted by Gasteiger charge is -2.18. The van der Waals surface area contributed by atoms with Gasteiger partial charge in [-0.25, -0.2) is 8.42 Å². The molecular weight excluding hydrogens is 396 g/mol. The van der Waals surface area contributed by atoms with Gasteiger partial charge in [0, 0.05) is 23.3 Å². The molecule has 144 valence electrons. The fourth-order valence-electron chi connectivity index (χ4n) is 2.73. The first kappa shape index (κ1) is 20.1. The van der Waals surface area contributed by atoms with Gasteiger partial charge >= 0.3 is 0 Å². The van der Waals surface area contributed by atoms with Crippen LogP contribution in [0.4, 0.5) is 5.69 Å². The van der Waals surface area contributed by atoms with Gasteiger partial charge in [0.25, 0.3) is 0 Å². The third-order valence-corrected chi connectivity index (χ3v) is 6.24. The molecule has 0 atom stereocenters. The van der Waals surface area contributed by atoms with Crippen LogP contribution in [-0.4, -0.2) is 32.2 Å². The Bertz CT molecular complexity index is 1070. The number of carbonyl (C=O) groups is 1. The number of anilines is 1. The number of para-hydroxylation sites is 1. The van der Waals surface area contributed by atoms with E-state index in [9.17, 15) is 13.2 Å². The van der Waals surface area contributed by atoms with Gasteiger partial charge in [-0.05, 0) is 35.9 Å². The Balaban J connectivity index is 1.75. The van der Waals surface area contributed by atoms with E-state index < -0.39 is 15.9 Å². The van der Waals surface area contributed by atoms with E-state index in [0.29, 0.717) is 10.7 Å². The van der Waals surface area contributed by atoms with Crippen molar-refractivity contribution < 1.29 is 13.2 Å². The van der Waals surface area contributed by atoms with Crippen LogP contribution in [0.25, 0.3) is 11.1 Å². The number of rotatable bonds is 6. The van der Waals surface area contributed by atoms with Crippen LogP contribution >= 0.6 is 11.6 Å². The van der Waals surface area contributed by atoms with Crippen LogP contribution in [-0.2, 0) is 14.8 Å². The number of benzene rings is 3. The maximum Gasteiger partial charge on any atom is 0.243 e. The second-order valence-corrected chi connectivity index (χ2v) is 8.66. The molecule has 1 N–H and O–H groups in total. The molecule has 28 heavy (non-hydrogen) atoms. The van der Waals surface area contributed by atoms with Crippen molar-refractivity contribution in [2.75, 3.05) is 18.9 Å². The minimum atomic E-state index is -3.79. The molecule has 0 aliphatic rings. The predicted octanol–water partition coefficient (Wildman–Crippen LogP) is 4.27. The van der Waals surface area contributed by atoms with Crippen molar-refractivity contribution in [3.05, 3.63) is 83.9 Å². The molecule has 3 aromatic carbocycles. The van der Waals surface area contributed by atoms with E-state index in [0.717, 1.165) is 15.4 Å². The fraction of sp³-hybridized carbons (Fsp3) is 0.0952. The maximum atomic E-state index is 12.6. The molecule has 3 aromatic rings. The van der Waals surface area contributed by atoms with E-state index in [-0.39, 0.29) is 11.4 Å². The van der Waals surface area contributed by atoms with Crippen LogP contribution < -0.4 is 5.32 Å². The first-order valence-electron chi connectivity index (χ1n) is 8.54. The second kappa shape index (κ2) is 8.56. The van der Waals surface area contributed by atoms with Gasteiger partial charge in [-0.15, -0.1) is 0 Å². The highest BCUT2D eigenvalue weighted by atomic mass is 35.5. The summed E-state index contributed by atoms with van der Waals surface area (Å²) in [4.78, 5) is 12.6. The average molecular weight is 415 g/mol. The smallest absolute Gasteiger partial charge is 0.243 e. The summed E-state index contributed by atoms with van der Waals surface area (Å²) < 4.78 is 26.3. The van der Waals surface area contributed by atoms with Gasteiger partial charge in [0.2, 0.25) is 15.9 Å². The molecule has 0 fully saturated rings. The van der Waals surface area contributed by atoms with Crippen molar-refractivity contribution in [1.82, 2.24) is 4.31 Å². The van der Waals surface area contributed by atoms with Crippen molar-refractivity contribution in [1.29, 1.82) is 0 Å². The van der Waals surface area contributed by atoms with Crippen molar-refractivity contribution in [2.45, 2.75) is 4.90 Å². The van der Waals surface area contributed by atoms with E-state index in [1.807, 2.05) is 48.5 Å². The van der Waals surface area contributed by atoms with Gasteiger partial charge in [0.1, 0.15) is 0 Å². The van der Waals surface area contributed by atoms with Crippen LogP contribution in [0.5, 0.6) is 0 Å². The highest BCUT2D eigenvalue weighted by Crippen LogP contribution is 2.27. The summed E-state index contributed by atoms with van der Waals surface area (Å²) in [7, 11) is -2.42. The topological polar surface area (TPSA) is 66.5 Å². The van der Waals surface area contributed by atoms with Gasteiger partial charge in [-0.1, -0.05) is 60.1 Å². The standard InChI is InChI=1S/C21H19ClN2O3S/c1-24(28(26,27)18-13-11-17(22)12-14-18)15-21(25)23-20-10-6-5-9-19(20)16-7-3-2-4-8-16/h2-14H,15H2,1H3,(H,23,25). The summed E-state index contributed by atoms with van der Waals surface area (Å²) in [6.45, 7) is -0.311. The Kier molecular flexibility index (Phi) is 6.14. The van der Waals surface area contributed by atoms with Crippen molar-refractivity contribution in [3.8, 4) is 11.1 Å². The molecule has 0 aliphatic heterocycles. The van der Waals surface area contributed by atoms with E-state index in [4.69, 9.17) is 11.6 Å². The summed E-state index contributed by atoms with van der Waals surface area (Å²) in [5.74, 6) is -0.427. The first-order valence-corrected chi connectivity index (χ1v) is 10.4. The molecule has 0 aliphatic carbocycles. The number of halogens is 1. The van der Waals surface area contributed by atoms with Crippen LogP contribution in [0.1, 0.15) is 0 Å². The number of likely N-dealkylation sites (N-methyl/N-ethyl adjacent to an activating group) is 1. The highest BCUT2D eigenvalue weighted by molar-refractivity contribution is 7.89. The molecular formula is C21H19ClN2O3S. The normalized spacial score (nSPS) is 11.4. The van der Waals surface area contributed by atoms with Gasteiger partial charge < -0.3 is 5.32 Å². The molecule has 0 spiro atoms. The predicted molar refractivity (Wildman–Crippen MR) is 112 cm³/mol. The summed E-state index contributed by atoms with van der Waals surface area (Å²) in [5.41, 5.74) is 2.44. The zero-order valence-corrected chi connectivity index (χ0v) is 16.7. The SMILES string of the molecule is CN(CC(=O)Nc1ccccc1-c1ccccc1)S(=O)(=O)c1ccc(Cl)cc1. The number of nitrogens with zero attached hydrogens (tertiary/aromatic N) is 1. The first-order chi connectivity index (χ1) is 13.4. The van der Waals surface area contributed by atoms with Crippen LogP contribution in [0, 0.1) is 0 Å². The number of amides is 1. The molecule has 0 saturated heterocycles. The molecule has 0 bridgehead atoms. The lowest BCUT2D eigenvalue weighted by Crippen LogP contribution is -2.35. The third-order valence-electron chi connectivity index (χ3n) is 4.17. The molecule has 0 heterocycles. The Hall–Kier alpha value is -2.67. The van der Waals surface area contributed by atoms with Gasteiger partial charge in [-0.3, -0.25) is 4.79 Å². The van der Waals surface area contributed by atoms with Gasteiger partial charge in [0.05, 0.1) is 11.4 Å². The van der Waals surface area contributed by atoms with E-state index in [1.54, 1.807) is 6.07 Å². The Morgan fingerprint density at radius 1 is 0.929 bits per heavy atom. The molecule has 0 saturated carbocycles. The van der Waals surface area contributed by atoms with Crippen molar-refractivity contribution >= 4 is 33.2 Å². The summed E-state index contributed by atoms with van der Waals surface area (Å²) >= 11 is 5.81. The summed E-state index contributed by atoms with van der Waals surface area (Å²) in [6.07, 6.45) is 0. The molecule has 7 heteroatoms. The average Bonchev–Trinajstić information content (AvgIpc) is 2.69. The third kappa shape index (κ3) is 4.59. The van der Waals surface area contributed by atoms with E-state index >= 15 is 0 Å². The van der Waals surface area contributed by atoms with Gasteiger partial charge in [0.15, 0.2) is 0 Å². The highest BCUT2D eigenvalue weighted by Gasteiger charge is 2.23. The number of carbonyl (C=O) groups excluding carboxylic acids is 1. The fourth-order valence-corrected chi connectivity index (χ4v) is 3.98.